The van der Waals surface area contributed by atoms with E-state index in [4.69, 9.17) is 0 Å². The van der Waals surface area contributed by atoms with Gasteiger partial charge in [-0.1, -0.05) is 60.7 Å². The summed E-state index contributed by atoms with van der Waals surface area (Å²) in [6.45, 7) is 0.417. The lowest BCUT2D eigenvalue weighted by Gasteiger charge is -2.13. The van der Waals surface area contributed by atoms with Crippen molar-refractivity contribution in [2.75, 3.05) is 6.54 Å². The molecule has 1 aliphatic heterocycles. The van der Waals surface area contributed by atoms with E-state index in [1.54, 1.807) is 0 Å². The molecule has 0 unspecified atom stereocenters. The molecule has 0 aromatic heterocycles. The molecular weight excluding hydrogens is 276 g/mol. The standard InChI is InChI=1S/C18H18N2O2/c21-17-16(13-15-9-5-2-6-10-15)19-18(22)20(17)12-11-14-7-3-1-4-8-14/h1-10,16H,11-13H2,(H,19,22)/t16-/m0/s1. The van der Waals surface area contributed by atoms with Gasteiger partial charge in [-0.2, -0.15) is 0 Å². The second kappa shape index (κ2) is 6.43. The SMILES string of the molecule is O=C1N[C@@H](Cc2ccccc2)C(=O)N1CCc1ccccc1. The summed E-state index contributed by atoms with van der Waals surface area (Å²) >= 11 is 0. The molecular formula is C18H18N2O2. The lowest BCUT2D eigenvalue weighted by atomic mass is 10.1. The highest BCUT2D eigenvalue weighted by atomic mass is 16.2. The van der Waals surface area contributed by atoms with Crippen LogP contribution in [0, 0.1) is 0 Å². The van der Waals surface area contributed by atoms with Gasteiger partial charge in [-0.15, -0.1) is 0 Å². The van der Waals surface area contributed by atoms with Crippen molar-refractivity contribution >= 4 is 11.9 Å². The quantitative estimate of drug-likeness (QED) is 0.861. The maximum Gasteiger partial charge on any atom is 0.324 e. The van der Waals surface area contributed by atoms with Gasteiger partial charge < -0.3 is 5.32 Å². The number of nitrogens with zero attached hydrogens (tertiary/aromatic N) is 1. The molecule has 0 aliphatic carbocycles. The molecule has 0 saturated carbocycles. The van der Waals surface area contributed by atoms with Crippen LogP contribution in [-0.4, -0.2) is 29.4 Å². The molecule has 1 saturated heterocycles. The van der Waals surface area contributed by atoms with E-state index in [2.05, 4.69) is 5.32 Å². The van der Waals surface area contributed by atoms with Gasteiger partial charge in [-0.05, 0) is 17.5 Å². The lowest BCUT2D eigenvalue weighted by molar-refractivity contribution is -0.127. The molecule has 0 spiro atoms. The molecule has 112 valence electrons. The predicted octanol–water partition coefficient (Wildman–Crippen LogP) is 2.39. The Morgan fingerprint density at radius 2 is 1.45 bits per heavy atom. The molecule has 2 aromatic carbocycles. The van der Waals surface area contributed by atoms with Gasteiger partial charge in [0.2, 0.25) is 0 Å². The summed E-state index contributed by atoms with van der Waals surface area (Å²) in [6, 6.07) is 18.9. The Morgan fingerprint density at radius 3 is 2.09 bits per heavy atom. The lowest BCUT2D eigenvalue weighted by Crippen LogP contribution is -2.33. The van der Waals surface area contributed by atoms with Crippen LogP contribution in [-0.2, 0) is 17.6 Å². The fourth-order valence-corrected chi connectivity index (χ4v) is 2.66. The van der Waals surface area contributed by atoms with Crippen molar-refractivity contribution in [3.8, 4) is 0 Å². The number of rotatable bonds is 5. The van der Waals surface area contributed by atoms with Crippen LogP contribution in [0.3, 0.4) is 0 Å². The van der Waals surface area contributed by atoms with Crippen LogP contribution < -0.4 is 5.32 Å². The van der Waals surface area contributed by atoms with Gasteiger partial charge in [0.05, 0.1) is 0 Å². The summed E-state index contributed by atoms with van der Waals surface area (Å²) < 4.78 is 0. The van der Waals surface area contributed by atoms with E-state index in [0.29, 0.717) is 19.4 Å². The highest BCUT2D eigenvalue weighted by Gasteiger charge is 2.37. The van der Waals surface area contributed by atoms with E-state index in [1.165, 1.54) is 4.90 Å². The van der Waals surface area contributed by atoms with E-state index < -0.39 is 6.04 Å². The third-order valence-electron chi connectivity index (χ3n) is 3.86. The number of hydrogen-bond donors (Lipinski definition) is 1. The first-order valence-electron chi connectivity index (χ1n) is 7.44. The van der Waals surface area contributed by atoms with Gasteiger partial charge in [0.1, 0.15) is 6.04 Å². The molecule has 22 heavy (non-hydrogen) atoms. The first-order valence-corrected chi connectivity index (χ1v) is 7.44. The molecule has 1 aliphatic rings. The second-order valence-corrected chi connectivity index (χ2v) is 5.42. The third-order valence-corrected chi connectivity index (χ3v) is 3.86. The number of urea groups is 1. The van der Waals surface area contributed by atoms with Gasteiger partial charge in [0.15, 0.2) is 0 Å². The highest BCUT2D eigenvalue weighted by Crippen LogP contribution is 2.13. The number of nitrogens with one attached hydrogen (secondary N) is 1. The molecule has 4 nitrogen and oxygen atoms in total. The minimum Gasteiger partial charge on any atom is -0.325 e. The van der Waals surface area contributed by atoms with Crippen molar-refractivity contribution in [3.63, 3.8) is 0 Å². The van der Waals surface area contributed by atoms with Crippen LogP contribution in [0.1, 0.15) is 11.1 Å². The summed E-state index contributed by atoms with van der Waals surface area (Å²) in [5, 5.41) is 2.78. The Labute approximate surface area is 129 Å². The normalized spacial score (nSPS) is 17.6. The summed E-state index contributed by atoms with van der Waals surface area (Å²) in [5.74, 6) is -0.134. The number of carbonyl (C=O) groups is 2. The maximum absolute atomic E-state index is 12.4. The van der Waals surface area contributed by atoms with Gasteiger partial charge in [-0.25, -0.2) is 4.79 Å². The summed E-state index contributed by atoms with van der Waals surface area (Å²) in [6.07, 6.45) is 1.21. The number of benzene rings is 2. The minimum atomic E-state index is -0.453. The average molecular weight is 294 g/mol. The van der Waals surface area contributed by atoms with Crippen LogP contribution in [0.2, 0.25) is 0 Å². The van der Waals surface area contributed by atoms with E-state index in [9.17, 15) is 9.59 Å². The minimum absolute atomic E-state index is 0.134. The van der Waals surface area contributed by atoms with Crippen LogP contribution in [0.5, 0.6) is 0 Å². The van der Waals surface area contributed by atoms with E-state index in [1.807, 2.05) is 60.7 Å². The fourth-order valence-electron chi connectivity index (χ4n) is 2.66. The molecule has 0 radical (unpaired) electrons. The van der Waals surface area contributed by atoms with Gasteiger partial charge in [0.25, 0.3) is 5.91 Å². The maximum atomic E-state index is 12.4. The van der Waals surface area contributed by atoms with E-state index in [-0.39, 0.29) is 11.9 Å². The Morgan fingerprint density at radius 1 is 0.864 bits per heavy atom. The first kappa shape index (κ1) is 14.3. The van der Waals surface area contributed by atoms with Crippen molar-refractivity contribution in [2.24, 2.45) is 0 Å². The number of imide groups is 1. The summed E-state index contributed by atoms with van der Waals surface area (Å²) in [4.78, 5) is 25.7. The number of carbonyl (C=O) groups excluding carboxylic acids is 2. The zero-order valence-corrected chi connectivity index (χ0v) is 12.2. The Hall–Kier alpha value is -2.62. The van der Waals surface area contributed by atoms with E-state index >= 15 is 0 Å². The van der Waals surface area contributed by atoms with Crippen molar-refractivity contribution in [3.05, 3.63) is 71.8 Å². The largest absolute Gasteiger partial charge is 0.325 e. The van der Waals surface area contributed by atoms with Crippen molar-refractivity contribution in [1.82, 2.24) is 10.2 Å². The van der Waals surface area contributed by atoms with Crippen LogP contribution in [0.25, 0.3) is 0 Å². The van der Waals surface area contributed by atoms with Crippen LogP contribution in [0.4, 0.5) is 4.79 Å². The van der Waals surface area contributed by atoms with Crippen molar-refractivity contribution < 1.29 is 9.59 Å². The van der Waals surface area contributed by atoms with Gasteiger partial charge >= 0.3 is 6.03 Å². The molecule has 3 amide bonds. The monoisotopic (exact) mass is 294 g/mol. The van der Waals surface area contributed by atoms with Crippen LogP contribution >= 0.6 is 0 Å². The average Bonchev–Trinajstić information content (AvgIpc) is 2.81. The van der Waals surface area contributed by atoms with Gasteiger partial charge in [-0.3, -0.25) is 9.69 Å². The molecule has 2 aromatic rings. The molecule has 4 heteroatoms. The highest BCUT2D eigenvalue weighted by molar-refractivity contribution is 6.04. The van der Waals surface area contributed by atoms with Gasteiger partial charge in [0, 0.05) is 13.0 Å². The Kier molecular flexibility index (Phi) is 4.19. The zero-order valence-electron chi connectivity index (χ0n) is 12.2. The van der Waals surface area contributed by atoms with Crippen LogP contribution in [0.15, 0.2) is 60.7 Å². The topological polar surface area (TPSA) is 49.4 Å². The molecule has 3 rings (SSSR count). The molecule has 1 atom stereocenters. The summed E-state index contributed by atoms with van der Waals surface area (Å²) in [7, 11) is 0. The van der Waals surface area contributed by atoms with E-state index in [0.717, 1.165) is 11.1 Å². The molecule has 1 heterocycles. The molecule has 1 N–H and O–H groups in total. The molecule has 0 bridgehead atoms. The first-order chi connectivity index (χ1) is 10.7. The Bertz CT molecular complexity index is 655. The predicted molar refractivity (Wildman–Crippen MR) is 84.3 cm³/mol. The zero-order chi connectivity index (χ0) is 15.4. The smallest absolute Gasteiger partial charge is 0.324 e. The fraction of sp³-hybridized carbons (Fsp3) is 0.222. The van der Waals surface area contributed by atoms with Crippen molar-refractivity contribution in [1.29, 1.82) is 0 Å². The third kappa shape index (κ3) is 3.17. The number of hydrogen-bond acceptors (Lipinski definition) is 2. The Balaban J connectivity index is 1.62. The number of amides is 3. The second-order valence-electron chi connectivity index (χ2n) is 5.42. The summed E-state index contributed by atoms with van der Waals surface area (Å²) in [5.41, 5.74) is 2.17. The molecule has 1 fully saturated rings. The van der Waals surface area contributed by atoms with Crippen molar-refractivity contribution in [2.45, 2.75) is 18.9 Å².